The Morgan fingerprint density at radius 2 is 0.603 bits per heavy atom. The van der Waals surface area contributed by atoms with Crippen LogP contribution in [0.5, 0.6) is 0 Å². The van der Waals surface area contributed by atoms with Crippen LogP contribution in [0.2, 0.25) is 0 Å². The van der Waals surface area contributed by atoms with Crippen molar-refractivity contribution in [1.29, 1.82) is 0 Å². The lowest BCUT2D eigenvalue weighted by atomic mass is 9.65. The van der Waals surface area contributed by atoms with Crippen LogP contribution in [0.4, 0.5) is 0 Å². The van der Waals surface area contributed by atoms with Crippen LogP contribution in [0.15, 0.2) is 213 Å². The molecule has 0 fully saturated rings. The van der Waals surface area contributed by atoms with Gasteiger partial charge in [-0.2, -0.15) is 0 Å². The SMILES string of the molecule is CCCCCCc1ccc(C2(c3ccc(CCCCCC)cc3)c3cc4c(cc3-c3sc5cc(-c6sc(C=c7c(=O)c8cccc9cccc(c7=O)c98)c7nc(C)c(C)nc67)sc5c32)C(c2ccc(CCCCCC)cc2)(c2ccc(CCCCCC)cc2)c2c-4sc3cc(-c4sc(C=c5c(=O)c6cccc7cccc(c5=O)c76)c5nc(C)c(C)nc45)sc23)cc1. The fourth-order valence-corrected chi connectivity index (χ4v) is 28.7. The number of unbranched alkanes of at least 4 members (excludes halogenated alkanes) is 12. The lowest BCUT2D eigenvalue weighted by Crippen LogP contribution is -2.38. The van der Waals surface area contributed by atoms with E-state index in [1.54, 1.807) is 22.7 Å². The number of rotatable bonds is 28. The maximum Gasteiger partial charge on any atom is 0.197 e. The Morgan fingerprint density at radius 3 is 0.897 bits per heavy atom. The molecule has 0 N–H and O–H groups in total. The maximum atomic E-state index is 14.8. The summed E-state index contributed by atoms with van der Waals surface area (Å²) in [6.07, 6.45) is 26.6. The summed E-state index contributed by atoms with van der Waals surface area (Å²) in [5, 5.41) is 5.58. The van der Waals surface area contributed by atoms with E-state index < -0.39 is 10.8 Å². The molecular formula is C112H98N4O4S6. The van der Waals surface area contributed by atoms with E-state index in [9.17, 15) is 19.2 Å². The van der Waals surface area contributed by atoms with E-state index in [4.69, 9.17) is 19.9 Å². The Balaban J connectivity index is 0.822. The van der Waals surface area contributed by atoms with Crippen LogP contribution < -0.4 is 32.2 Å². The van der Waals surface area contributed by atoms with Crippen LogP contribution in [-0.2, 0) is 36.5 Å². The van der Waals surface area contributed by atoms with Gasteiger partial charge in [0.25, 0.3) is 0 Å². The number of hydrogen-bond acceptors (Lipinski definition) is 14. The van der Waals surface area contributed by atoms with Crippen molar-refractivity contribution in [1.82, 2.24) is 19.9 Å². The van der Waals surface area contributed by atoms with Gasteiger partial charge in [-0.15, -0.1) is 68.0 Å². The number of hydrogen-bond donors (Lipinski definition) is 0. The zero-order valence-electron chi connectivity index (χ0n) is 72.6. The summed E-state index contributed by atoms with van der Waals surface area (Å²) in [6.45, 7) is 17.2. The van der Waals surface area contributed by atoms with Crippen molar-refractivity contribution >= 4 is 164 Å². The van der Waals surface area contributed by atoms with Gasteiger partial charge in [-0.1, -0.05) is 275 Å². The van der Waals surface area contributed by atoms with E-state index in [-0.39, 0.29) is 32.2 Å². The zero-order valence-corrected chi connectivity index (χ0v) is 77.5. The van der Waals surface area contributed by atoms with Crippen molar-refractivity contribution in [2.24, 2.45) is 0 Å². The fraction of sp³-hybridized carbons (Fsp3) is 0.268. The predicted octanol–water partition coefficient (Wildman–Crippen LogP) is 28.1. The van der Waals surface area contributed by atoms with Crippen LogP contribution in [0, 0.1) is 27.7 Å². The first-order valence-electron chi connectivity index (χ1n) is 45.5. The van der Waals surface area contributed by atoms with Gasteiger partial charge >= 0.3 is 0 Å². The van der Waals surface area contributed by atoms with Crippen molar-refractivity contribution in [3.63, 3.8) is 0 Å². The number of fused-ring (bicyclic) bond motifs is 12. The standard InChI is InChI=1S/C112H98N4O4S6/c1-9-13-17-21-29-67-41-49-73(50-42-67)111(74-51-43-68(44-52-74)30-22-18-14-10-2)85-57-82-86(58-81(85)105-95(111)107-89(123-105)61-91(125-107)109-99-97(113-63(5)65(7)115-99)87(121-109)59-83-101(117)77-37-25-33-71-34-26-38-78(93(71)77)102(83)118)112(75-53-45-69(46-54-75)31-23-19-15-11-3,76-55-47-70(48-56-76)32-24-20-16-12-4)96-106(82)124-90-62-92(126-108(90)96)110-100-98(114-64(6)66(8)116-100)88(122-110)60-84-103(119)79-39-27-35-72-36-28-40-80(94(72)79)104(84)120/h25-28,33-62H,9-24,29-32H2,1-8H3. The summed E-state index contributed by atoms with van der Waals surface area (Å²) in [7, 11) is 0. The van der Waals surface area contributed by atoms with Crippen LogP contribution in [0.25, 0.3) is 136 Å². The molecule has 21 rings (SSSR count). The van der Waals surface area contributed by atoms with Gasteiger partial charge in [-0.25, -0.2) is 19.9 Å². The molecule has 8 nitrogen and oxygen atoms in total. The Labute approximate surface area is 757 Å². The molecule has 0 spiro atoms. The first-order chi connectivity index (χ1) is 61.6. The third-order valence-electron chi connectivity index (χ3n) is 27.5. The summed E-state index contributed by atoms with van der Waals surface area (Å²) in [4.78, 5) is 88.9. The molecule has 14 heteroatoms. The number of benzene rings is 11. The molecule has 0 radical (unpaired) electrons. The minimum Gasteiger partial charge on any atom is -0.288 e. The largest absolute Gasteiger partial charge is 0.288 e. The monoisotopic (exact) mass is 1750 g/mol. The minimum absolute atomic E-state index is 0.137. The van der Waals surface area contributed by atoms with E-state index in [0.717, 1.165) is 125 Å². The molecule has 126 heavy (non-hydrogen) atoms. The van der Waals surface area contributed by atoms with E-state index in [0.29, 0.717) is 43.4 Å². The van der Waals surface area contributed by atoms with Crippen LogP contribution >= 0.6 is 68.0 Å². The lowest BCUT2D eigenvalue weighted by molar-refractivity contribution is 0.666. The van der Waals surface area contributed by atoms with Gasteiger partial charge in [0.1, 0.15) is 22.1 Å². The van der Waals surface area contributed by atoms with Gasteiger partial charge < -0.3 is 0 Å². The number of thiophene rings is 6. The topological polar surface area (TPSA) is 120 Å². The molecule has 11 aromatic carbocycles. The molecule has 8 heterocycles. The van der Waals surface area contributed by atoms with Crippen molar-refractivity contribution in [2.75, 3.05) is 0 Å². The van der Waals surface area contributed by atoms with Gasteiger partial charge in [0.15, 0.2) is 21.7 Å². The summed E-state index contributed by atoms with van der Waals surface area (Å²) in [5.41, 5.74) is 21.3. The second-order valence-corrected chi connectivity index (χ2v) is 41.6. The van der Waals surface area contributed by atoms with Crippen LogP contribution in [-0.4, -0.2) is 19.9 Å². The van der Waals surface area contributed by atoms with Gasteiger partial charge in [-0.05, 0) is 193 Å². The average Bonchev–Trinajstić information content (AvgIpc) is 1.49. The molecule has 0 unspecified atom stereocenters. The third kappa shape index (κ3) is 13.4. The Kier molecular flexibility index (Phi) is 21.7. The normalized spacial score (nSPS) is 13.3. The first kappa shape index (κ1) is 82.1. The highest BCUT2D eigenvalue weighted by molar-refractivity contribution is 7.34. The van der Waals surface area contributed by atoms with Crippen molar-refractivity contribution < 1.29 is 0 Å². The van der Waals surface area contributed by atoms with Gasteiger partial charge in [0.05, 0.1) is 73.0 Å². The maximum absolute atomic E-state index is 14.8. The summed E-state index contributed by atoms with van der Waals surface area (Å²) in [6, 6.07) is 72.4. The number of aromatic nitrogens is 4. The quantitative estimate of drug-likeness (QED) is 0.0445. The molecule has 0 amide bonds. The van der Waals surface area contributed by atoms with Crippen LogP contribution in [0.1, 0.15) is 230 Å². The first-order valence-corrected chi connectivity index (χ1v) is 50.4. The molecular weight excluding hydrogens is 1660 g/mol. The molecule has 0 saturated carbocycles. The lowest BCUT2D eigenvalue weighted by Gasteiger charge is -2.36. The average molecular weight is 1760 g/mol. The van der Waals surface area contributed by atoms with E-state index in [2.05, 4.69) is 149 Å². The van der Waals surface area contributed by atoms with E-state index in [1.165, 1.54) is 183 Å². The summed E-state index contributed by atoms with van der Waals surface area (Å²) >= 11 is 10.6. The Bertz CT molecular complexity index is 7210. The zero-order chi connectivity index (χ0) is 86.0. The molecule has 0 atom stereocenters. The van der Waals surface area contributed by atoms with Crippen molar-refractivity contribution in [2.45, 2.75) is 195 Å². The summed E-state index contributed by atoms with van der Waals surface area (Å²) in [5.74, 6) is 0. The van der Waals surface area contributed by atoms with E-state index >= 15 is 0 Å². The molecule has 0 aliphatic heterocycles. The highest BCUT2D eigenvalue weighted by Gasteiger charge is 2.55. The molecule has 8 aromatic heterocycles. The molecule has 0 saturated heterocycles. The second kappa shape index (κ2) is 33.4. The Morgan fingerprint density at radius 1 is 0.310 bits per heavy atom. The molecule has 19 aromatic rings. The number of nitrogens with zero attached hydrogens (tertiary/aromatic N) is 4. The highest BCUT2D eigenvalue weighted by atomic mass is 32.1. The Hall–Kier alpha value is -10.9. The van der Waals surface area contributed by atoms with Gasteiger partial charge in [0.2, 0.25) is 0 Å². The van der Waals surface area contributed by atoms with E-state index in [1.807, 2.05) is 158 Å². The summed E-state index contributed by atoms with van der Waals surface area (Å²) < 4.78 is 4.83. The number of aryl methyl sites for hydroxylation is 8. The van der Waals surface area contributed by atoms with Gasteiger partial charge in [0, 0.05) is 72.4 Å². The smallest absolute Gasteiger partial charge is 0.197 e. The minimum atomic E-state index is -0.830. The highest BCUT2D eigenvalue weighted by Crippen LogP contribution is 2.69. The van der Waals surface area contributed by atoms with Crippen molar-refractivity contribution in [3.05, 3.63) is 345 Å². The molecule has 2 aliphatic rings. The third-order valence-corrected chi connectivity index (χ3v) is 35.0. The van der Waals surface area contributed by atoms with Gasteiger partial charge in [-0.3, -0.25) is 19.2 Å². The molecule has 0 bridgehead atoms. The second-order valence-electron chi connectivity index (χ2n) is 35.3. The molecule has 2 aliphatic carbocycles. The van der Waals surface area contributed by atoms with Crippen molar-refractivity contribution in [3.8, 4) is 40.4 Å². The predicted molar refractivity (Wildman–Crippen MR) is 539 cm³/mol. The fourth-order valence-electron chi connectivity index (χ4n) is 20.7. The molecule has 626 valence electrons. The van der Waals surface area contributed by atoms with Crippen LogP contribution in [0.3, 0.4) is 0 Å².